The van der Waals surface area contributed by atoms with Crippen molar-refractivity contribution in [3.63, 3.8) is 0 Å². The molecule has 0 aliphatic carbocycles. The third kappa shape index (κ3) is 4.94. The van der Waals surface area contributed by atoms with E-state index in [0.717, 1.165) is 12.3 Å². The lowest BCUT2D eigenvalue weighted by molar-refractivity contribution is -0.141. The monoisotopic (exact) mass is 364 g/mol. The van der Waals surface area contributed by atoms with E-state index in [2.05, 4.69) is 4.98 Å². The van der Waals surface area contributed by atoms with E-state index >= 15 is 0 Å². The van der Waals surface area contributed by atoms with Crippen molar-refractivity contribution in [3.8, 4) is 11.8 Å². The van der Waals surface area contributed by atoms with Crippen LogP contribution in [0.3, 0.4) is 0 Å². The molecule has 0 spiro atoms. The molecule has 0 radical (unpaired) electrons. The summed E-state index contributed by atoms with van der Waals surface area (Å²) in [5, 5.41) is 8.89. The molecule has 10 heteroatoms. The number of para-hydroxylation sites is 1. The topological polar surface area (TPSA) is 104 Å². The number of carbonyl (C=O) groups excluding carboxylic acids is 2. The summed E-state index contributed by atoms with van der Waals surface area (Å²) in [4.78, 5) is 26.5. The lowest BCUT2D eigenvalue weighted by Gasteiger charge is -2.10. The Balaban J connectivity index is 1.85. The van der Waals surface area contributed by atoms with Crippen LogP contribution in [0.2, 0.25) is 0 Å². The SMILES string of the molecule is N#Cc1ccccc1OCC(=O)NNC(=O)c1ccc(C(F)(F)F)nc1. The Kier molecular flexibility index (Phi) is 5.74. The number of ether oxygens (including phenoxy) is 1. The highest BCUT2D eigenvalue weighted by Gasteiger charge is 2.32. The average molecular weight is 364 g/mol. The van der Waals surface area contributed by atoms with Gasteiger partial charge in [-0.25, -0.2) is 0 Å². The normalized spacial score (nSPS) is 10.5. The van der Waals surface area contributed by atoms with Crippen molar-refractivity contribution >= 4 is 11.8 Å². The number of aromatic nitrogens is 1. The second kappa shape index (κ2) is 7.98. The standard InChI is InChI=1S/C16H11F3N4O3/c17-16(18,19)13-6-5-11(8-21-13)15(25)23-22-14(24)9-26-12-4-2-1-3-10(12)7-20/h1-6,8H,9H2,(H,22,24)(H,23,25). The molecular weight excluding hydrogens is 353 g/mol. The van der Waals surface area contributed by atoms with Crippen molar-refractivity contribution in [1.29, 1.82) is 5.26 Å². The fraction of sp³-hybridized carbons (Fsp3) is 0.125. The zero-order chi connectivity index (χ0) is 19.2. The number of benzene rings is 1. The molecule has 26 heavy (non-hydrogen) atoms. The van der Waals surface area contributed by atoms with Gasteiger partial charge in [0.1, 0.15) is 17.5 Å². The van der Waals surface area contributed by atoms with Crippen molar-refractivity contribution in [1.82, 2.24) is 15.8 Å². The van der Waals surface area contributed by atoms with E-state index in [-0.39, 0.29) is 16.9 Å². The van der Waals surface area contributed by atoms with Gasteiger partial charge >= 0.3 is 6.18 Å². The lowest BCUT2D eigenvalue weighted by Crippen LogP contribution is -2.43. The molecule has 0 saturated heterocycles. The van der Waals surface area contributed by atoms with Crippen molar-refractivity contribution in [2.24, 2.45) is 0 Å². The Morgan fingerprint density at radius 1 is 1.15 bits per heavy atom. The maximum atomic E-state index is 12.4. The van der Waals surface area contributed by atoms with Gasteiger partial charge in [0.05, 0.1) is 11.1 Å². The summed E-state index contributed by atoms with van der Waals surface area (Å²) in [6.45, 7) is -0.482. The molecule has 7 nitrogen and oxygen atoms in total. The quantitative estimate of drug-likeness (QED) is 0.806. The number of halogens is 3. The summed E-state index contributed by atoms with van der Waals surface area (Å²) in [6, 6.07) is 9.72. The predicted octanol–water partition coefficient (Wildman–Crippen LogP) is 1.81. The summed E-state index contributed by atoms with van der Waals surface area (Å²) in [5.74, 6) is -1.38. The number of carbonyl (C=O) groups is 2. The Morgan fingerprint density at radius 3 is 2.50 bits per heavy atom. The molecule has 0 aliphatic heterocycles. The van der Waals surface area contributed by atoms with Crippen LogP contribution in [0.25, 0.3) is 0 Å². The van der Waals surface area contributed by atoms with Crippen molar-refractivity contribution < 1.29 is 27.5 Å². The maximum absolute atomic E-state index is 12.4. The summed E-state index contributed by atoms with van der Waals surface area (Å²) < 4.78 is 42.4. The van der Waals surface area contributed by atoms with Gasteiger partial charge in [-0.05, 0) is 24.3 Å². The van der Waals surface area contributed by atoms with Gasteiger partial charge in [0.15, 0.2) is 6.61 Å². The van der Waals surface area contributed by atoms with E-state index < -0.39 is 30.3 Å². The van der Waals surface area contributed by atoms with Crippen LogP contribution in [0.1, 0.15) is 21.6 Å². The van der Waals surface area contributed by atoms with Crippen molar-refractivity contribution in [2.75, 3.05) is 6.61 Å². The van der Waals surface area contributed by atoms with Crippen LogP contribution in [0.5, 0.6) is 5.75 Å². The highest BCUT2D eigenvalue weighted by Crippen LogP contribution is 2.27. The number of hydrogen-bond acceptors (Lipinski definition) is 5. The highest BCUT2D eigenvalue weighted by atomic mass is 19.4. The van der Waals surface area contributed by atoms with Gasteiger partial charge in [0.25, 0.3) is 11.8 Å². The van der Waals surface area contributed by atoms with Crippen LogP contribution in [-0.2, 0) is 11.0 Å². The van der Waals surface area contributed by atoms with Crippen LogP contribution < -0.4 is 15.6 Å². The highest BCUT2D eigenvalue weighted by molar-refractivity contribution is 5.95. The second-order valence-corrected chi connectivity index (χ2v) is 4.83. The Bertz CT molecular complexity index is 845. The van der Waals surface area contributed by atoms with Gasteiger partial charge in [-0.3, -0.25) is 25.4 Å². The maximum Gasteiger partial charge on any atom is 0.433 e. The molecule has 0 unspecified atom stereocenters. The van der Waals surface area contributed by atoms with Gasteiger partial charge in [0, 0.05) is 6.20 Å². The number of alkyl halides is 3. The van der Waals surface area contributed by atoms with Gasteiger partial charge in [0.2, 0.25) is 0 Å². The third-order valence-corrected chi connectivity index (χ3v) is 3.00. The fourth-order valence-electron chi connectivity index (χ4n) is 1.76. The smallest absolute Gasteiger partial charge is 0.433 e. The number of amides is 2. The third-order valence-electron chi connectivity index (χ3n) is 3.00. The first kappa shape index (κ1) is 18.7. The van der Waals surface area contributed by atoms with Gasteiger partial charge in [-0.2, -0.15) is 18.4 Å². The number of pyridine rings is 1. The first-order chi connectivity index (χ1) is 12.3. The number of nitrogens with one attached hydrogen (secondary N) is 2. The average Bonchev–Trinajstić information content (AvgIpc) is 2.64. The largest absolute Gasteiger partial charge is 0.482 e. The van der Waals surface area contributed by atoms with Gasteiger partial charge in [-0.15, -0.1) is 0 Å². The number of rotatable bonds is 4. The van der Waals surface area contributed by atoms with Crippen LogP contribution in [0.4, 0.5) is 13.2 Å². The second-order valence-electron chi connectivity index (χ2n) is 4.83. The molecule has 1 aromatic carbocycles. The van der Waals surface area contributed by atoms with Crippen LogP contribution >= 0.6 is 0 Å². The molecule has 0 bridgehead atoms. The molecule has 0 saturated carbocycles. The van der Waals surface area contributed by atoms with Gasteiger partial charge < -0.3 is 4.74 Å². The first-order valence-electron chi connectivity index (χ1n) is 7.05. The molecule has 2 N–H and O–H groups in total. The minimum atomic E-state index is -4.61. The number of hydrogen-bond donors (Lipinski definition) is 2. The number of hydrazine groups is 1. The van der Waals surface area contributed by atoms with Crippen LogP contribution in [-0.4, -0.2) is 23.4 Å². The number of nitriles is 1. The van der Waals surface area contributed by atoms with Gasteiger partial charge in [-0.1, -0.05) is 12.1 Å². The Hall–Kier alpha value is -3.61. The lowest BCUT2D eigenvalue weighted by atomic mass is 10.2. The van der Waals surface area contributed by atoms with E-state index in [1.54, 1.807) is 12.1 Å². The fourth-order valence-corrected chi connectivity index (χ4v) is 1.76. The molecule has 1 heterocycles. The molecule has 2 amide bonds. The zero-order valence-corrected chi connectivity index (χ0v) is 13.0. The summed E-state index contributed by atoms with van der Waals surface area (Å²) >= 11 is 0. The van der Waals surface area contributed by atoms with Crippen molar-refractivity contribution in [3.05, 3.63) is 59.4 Å². The molecule has 2 rings (SSSR count). The Labute approximate surface area is 145 Å². The van der Waals surface area contributed by atoms with E-state index in [4.69, 9.17) is 10.00 Å². The molecule has 1 aromatic heterocycles. The first-order valence-corrected chi connectivity index (χ1v) is 7.05. The van der Waals surface area contributed by atoms with E-state index in [1.165, 1.54) is 12.1 Å². The minimum Gasteiger partial charge on any atom is -0.482 e. The minimum absolute atomic E-state index is 0.172. The molecule has 2 aromatic rings. The van der Waals surface area contributed by atoms with E-state index in [0.29, 0.717) is 6.07 Å². The molecule has 0 fully saturated rings. The zero-order valence-electron chi connectivity index (χ0n) is 13.0. The van der Waals surface area contributed by atoms with Crippen LogP contribution in [0, 0.1) is 11.3 Å². The molecule has 0 aliphatic rings. The van der Waals surface area contributed by atoms with Crippen molar-refractivity contribution in [2.45, 2.75) is 6.18 Å². The molecule has 134 valence electrons. The van der Waals surface area contributed by atoms with Crippen LogP contribution in [0.15, 0.2) is 42.6 Å². The summed E-state index contributed by atoms with van der Waals surface area (Å²) in [6.07, 6.45) is -3.87. The molecule has 0 atom stereocenters. The summed E-state index contributed by atoms with van der Waals surface area (Å²) in [5.41, 5.74) is 2.98. The number of nitrogens with zero attached hydrogens (tertiary/aromatic N) is 2. The van der Waals surface area contributed by atoms with E-state index in [9.17, 15) is 22.8 Å². The molecular formula is C16H11F3N4O3. The van der Waals surface area contributed by atoms with E-state index in [1.807, 2.05) is 16.9 Å². The predicted molar refractivity (Wildman–Crippen MR) is 81.5 cm³/mol. The Morgan fingerprint density at radius 2 is 1.88 bits per heavy atom. The summed E-state index contributed by atoms with van der Waals surface area (Å²) in [7, 11) is 0.